The van der Waals surface area contributed by atoms with Gasteiger partial charge in [0.05, 0.1) is 13.3 Å². The summed E-state index contributed by atoms with van der Waals surface area (Å²) in [6, 6.07) is 5.13. The lowest BCUT2D eigenvalue weighted by atomic mass is 9.70. The first-order valence-electron chi connectivity index (χ1n) is 9.62. The van der Waals surface area contributed by atoms with E-state index in [1.807, 2.05) is 0 Å². The second kappa shape index (κ2) is 9.57. The maximum Gasteiger partial charge on any atom is 0.255 e. The highest BCUT2D eigenvalue weighted by Gasteiger charge is 2.32. The summed E-state index contributed by atoms with van der Waals surface area (Å²) in [5.41, 5.74) is 8.76. The number of carbonyl (C=O) groups excluding carboxylic acids is 2. The molecule has 0 radical (unpaired) electrons. The van der Waals surface area contributed by atoms with Gasteiger partial charge < -0.3 is 15.2 Å². The number of hydrogen-bond donors (Lipinski definition) is 2. The van der Waals surface area contributed by atoms with Crippen LogP contribution in [0.1, 0.15) is 52.0 Å². The van der Waals surface area contributed by atoms with Crippen molar-refractivity contribution in [2.24, 2.45) is 28.1 Å². The molecule has 154 valence electrons. The van der Waals surface area contributed by atoms with E-state index < -0.39 is 5.91 Å². The quantitative estimate of drug-likeness (QED) is 0.553. The van der Waals surface area contributed by atoms with Gasteiger partial charge in [-0.25, -0.2) is 5.43 Å². The number of benzene rings is 1. The van der Waals surface area contributed by atoms with Gasteiger partial charge in [0.2, 0.25) is 5.91 Å². The van der Waals surface area contributed by atoms with Gasteiger partial charge in [0.25, 0.3) is 5.91 Å². The summed E-state index contributed by atoms with van der Waals surface area (Å²) >= 11 is 0. The summed E-state index contributed by atoms with van der Waals surface area (Å²) in [5.74, 6) is 0.969. The van der Waals surface area contributed by atoms with Gasteiger partial charge in [-0.1, -0.05) is 20.8 Å². The van der Waals surface area contributed by atoms with E-state index in [1.165, 1.54) is 7.11 Å². The van der Waals surface area contributed by atoms with Gasteiger partial charge >= 0.3 is 0 Å². The molecule has 1 aliphatic carbocycles. The molecule has 1 fully saturated rings. The smallest absolute Gasteiger partial charge is 0.255 e. The largest absolute Gasteiger partial charge is 0.493 e. The molecule has 0 bridgehead atoms. The first-order chi connectivity index (χ1) is 13.2. The molecular weight excluding hydrogens is 358 g/mol. The maximum atomic E-state index is 12.4. The molecule has 0 spiro atoms. The van der Waals surface area contributed by atoms with E-state index in [9.17, 15) is 9.59 Å². The Bertz CT molecular complexity index is 717. The van der Waals surface area contributed by atoms with Gasteiger partial charge in [0.15, 0.2) is 18.1 Å². The van der Waals surface area contributed by atoms with Crippen molar-refractivity contribution >= 4 is 18.0 Å². The van der Waals surface area contributed by atoms with Crippen LogP contribution in [-0.2, 0) is 9.59 Å². The van der Waals surface area contributed by atoms with Crippen LogP contribution in [0.3, 0.4) is 0 Å². The molecule has 1 saturated carbocycles. The van der Waals surface area contributed by atoms with Gasteiger partial charge in [-0.2, -0.15) is 5.10 Å². The Hall–Kier alpha value is -2.57. The van der Waals surface area contributed by atoms with Crippen LogP contribution in [0.5, 0.6) is 11.5 Å². The van der Waals surface area contributed by atoms with Crippen LogP contribution in [0.4, 0.5) is 0 Å². The SMILES string of the molecule is COc1cc(/C=N\NC(=O)C2CCC(C(C)(C)C)CC2)ccc1OCC(N)=O. The lowest BCUT2D eigenvalue weighted by molar-refractivity contribution is -0.126. The molecule has 0 aliphatic heterocycles. The Labute approximate surface area is 166 Å². The minimum Gasteiger partial charge on any atom is -0.493 e. The van der Waals surface area contributed by atoms with Gasteiger partial charge in [0, 0.05) is 5.92 Å². The van der Waals surface area contributed by atoms with E-state index in [2.05, 4.69) is 31.3 Å². The Morgan fingerprint density at radius 1 is 1.21 bits per heavy atom. The van der Waals surface area contributed by atoms with Crippen molar-refractivity contribution in [1.29, 1.82) is 0 Å². The van der Waals surface area contributed by atoms with Crippen LogP contribution in [-0.4, -0.2) is 31.7 Å². The van der Waals surface area contributed by atoms with E-state index in [1.54, 1.807) is 24.4 Å². The number of nitrogens with one attached hydrogen (secondary N) is 1. The average Bonchev–Trinajstić information content (AvgIpc) is 2.66. The summed E-state index contributed by atoms with van der Waals surface area (Å²) < 4.78 is 10.5. The predicted molar refractivity (Wildman–Crippen MR) is 108 cm³/mol. The zero-order valence-electron chi connectivity index (χ0n) is 17.2. The van der Waals surface area contributed by atoms with Gasteiger partial charge in [-0.3, -0.25) is 9.59 Å². The second-order valence-electron chi connectivity index (χ2n) is 8.31. The number of primary amides is 1. The van der Waals surface area contributed by atoms with Crippen molar-refractivity contribution in [3.63, 3.8) is 0 Å². The number of rotatable bonds is 7. The molecule has 1 aromatic carbocycles. The van der Waals surface area contributed by atoms with Crippen LogP contribution in [0.25, 0.3) is 0 Å². The number of nitrogens with zero attached hydrogens (tertiary/aromatic N) is 1. The van der Waals surface area contributed by atoms with Crippen molar-refractivity contribution < 1.29 is 19.1 Å². The van der Waals surface area contributed by atoms with Crippen LogP contribution in [0, 0.1) is 17.3 Å². The minimum absolute atomic E-state index is 0.0230. The van der Waals surface area contributed by atoms with Crippen LogP contribution < -0.4 is 20.6 Å². The number of amides is 2. The van der Waals surface area contributed by atoms with Gasteiger partial charge in [0.1, 0.15) is 0 Å². The highest BCUT2D eigenvalue weighted by atomic mass is 16.5. The highest BCUT2D eigenvalue weighted by Crippen LogP contribution is 2.39. The first-order valence-corrected chi connectivity index (χ1v) is 9.62. The van der Waals surface area contributed by atoms with Gasteiger partial charge in [-0.15, -0.1) is 0 Å². The Morgan fingerprint density at radius 3 is 2.46 bits per heavy atom. The summed E-state index contributed by atoms with van der Waals surface area (Å²) in [6.45, 7) is 6.57. The van der Waals surface area contributed by atoms with Crippen molar-refractivity contribution in [3.8, 4) is 11.5 Å². The van der Waals surface area contributed by atoms with Crippen LogP contribution in [0.15, 0.2) is 23.3 Å². The van der Waals surface area contributed by atoms with Crippen molar-refractivity contribution in [1.82, 2.24) is 5.43 Å². The highest BCUT2D eigenvalue weighted by molar-refractivity contribution is 5.84. The van der Waals surface area contributed by atoms with Crippen LogP contribution >= 0.6 is 0 Å². The van der Waals surface area contributed by atoms with E-state index in [0.29, 0.717) is 22.8 Å². The summed E-state index contributed by atoms with van der Waals surface area (Å²) in [5, 5.41) is 4.07. The van der Waals surface area contributed by atoms with E-state index in [4.69, 9.17) is 15.2 Å². The lowest BCUT2D eigenvalue weighted by Gasteiger charge is -2.36. The monoisotopic (exact) mass is 389 g/mol. The van der Waals surface area contributed by atoms with Crippen LogP contribution in [0.2, 0.25) is 0 Å². The lowest BCUT2D eigenvalue weighted by Crippen LogP contribution is -2.33. The number of carbonyl (C=O) groups is 2. The Balaban J connectivity index is 1.88. The first kappa shape index (κ1) is 21.7. The number of hydrazone groups is 1. The predicted octanol–water partition coefficient (Wildman–Crippen LogP) is 2.86. The Morgan fingerprint density at radius 2 is 1.89 bits per heavy atom. The normalized spacial score (nSPS) is 20.0. The molecule has 1 aromatic rings. The second-order valence-corrected chi connectivity index (χ2v) is 8.31. The van der Waals surface area contributed by atoms with Crippen molar-refractivity contribution in [2.45, 2.75) is 46.5 Å². The number of ether oxygens (including phenoxy) is 2. The molecule has 0 atom stereocenters. The average molecular weight is 389 g/mol. The molecule has 7 nitrogen and oxygen atoms in total. The topological polar surface area (TPSA) is 103 Å². The number of methoxy groups -OCH3 is 1. The fourth-order valence-electron chi connectivity index (χ4n) is 3.52. The molecule has 0 aromatic heterocycles. The van der Waals surface area contributed by atoms with E-state index >= 15 is 0 Å². The molecule has 0 saturated heterocycles. The van der Waals surface area contributed by atoms with Gasteiger partial charge in [-0.05, 0) is 60.8 Å². The standard InChI is InChI=1S/C21H31N3O4/c1-21(2,3)16-8-6-15(7-9-16)20(26)24-23-12-14-5-10-17(18(11-14)27-4)28-13-19(22)25/h5,10-12,15-16H,6-9,13H2,1-4H3,(H2,22,25)(H,24,26)/b23-12-. The molecule has 28 heavy (non-hydrogen) atoms. The molecular formula is C21H31N3O4. The zero-order valence-corrected chi connectivity index (χ0v) is 17.2. The van der Waals surface area contributed by atoms with Crippen molar-refractivity contribution in [2.75, 3.05) is 13.7 Å². The molecule has 2 rings (SSSR count). The Kier molecular flexibility index (Phi) is 7.43. The molecule has 0 heterocycles. The number of hydrogen-bond acceptors (Lipinski definition) is 5. The summed E-state index contributed by atoms with van der Waals surface area (Å²) in [4.78, 5) is 23.2. The third-order valence-corrected chi connectivity index (χ3v) is 5.27. The summed E-state index contributed by atoms with van der Waals surface area (Å²) in [7, 11) is 1.50. The maximum absolute atomic E-state index is 12.4. The third kappa shape index (κ3) is 6.25. The van der Waals surface area contributed by atoms with E-state index in [-0.39, 0.29) is 18.4 Å². The molecule has 0 unspecified atom stereocenters. The fourth-order valence-corrected chi connectivity index (χ4v) is 3.52. The number of nitrogens with two attached hydrogens (primary N) is 1. The van der Waals surface area contributed by atoms with Crippen molar-refractivity contribution in [3.05, 3.63) is 23.8 Å². The minimum atomic E-state index is -0.563. The molecule has 3 N–H and O–H groups in total. The molecule has 7 heteroatoms. The third-order valence-electron chi connectivity index (χ3n) is 5.27. The van der Waals surface area contributed by atoms with E-state index in [0.717, 1.165) is 31.2 Å². The fraction of sp³-hybridized carbons (Fsp3) is 0.571. The summed E-state index contributed by atoms with van der Waals surface area (Å²) in [6.07, 6.45) is 5.52. The molecule has 1 aliphatic rings. The molecule has 2 amide bonds. The zero-order chi connectivity index (χ0) is 20.7.